The van der Waals surface area contributed by atoms with Crippen LogP contribution in [0.4, 0.5) is 4.39 Å². The summed E-state index contributed by atoms with van der Waals surface area (Å²) in [5, 5.41) is 15.6. The number of rotatable bonds is 2. The number of phenols is 1. The Morgan fingerprint density at radius 1 is 1.45 bits per heavy atom. The van der Waals surface area contributed by atoms with E-state index in [0.717, 1.165) is 38.3 Å². The van der Waals surface area contributed by atoms with Gasteiger partial charge in [0.1, 0.15) is 11.6 Å². The quantitative estimate of drug-likeness (QED) is 0.774. The second-order valence-corrected chi connectivity index (χ2v) is 5.89. The van der Waals surface area contributed by atoms with Gasteiger partial charge >= 0.3 is 0 Å². The van der Waals surface area contributed by atoms with Crippen molar-refractivity contribution in [3.8, 4) is 5.75 Å². The average Bonchev–Trinajstić information content (AvgIpc) is 2.37. The normalized spacial score (nSPS) is 24.1. The van der Waals surface area contributed by atoms with Crippen LogP contribution in [0.1, 0.15) is 42.5 Å². The number of amides is 1. The van der Waals surface area contributed by atoms with Crippen LogP contribution < -0.4 is 10.6 Å². The monoisotopic (exact) mass is 278 g/mol. The lowest BCUT2D eigenvalue weighted by Crippen LogP contribution is -2.59. The van der Waals surface area contributed by atoms with E-state index in [1.807, 2.05) is 0 Å². The first-order valence-electron chi connectivity index (χ1n) is 7.12. The Labute approximate surface area is 117 Å². The average molecular weight is 278 g/mol. The summed E-state index contributed by atoms with van der Waals surface area (Å²) in [4.78, 5) is 12.1. The summed E-state index contributed by atoms with van der Waals surface area (Å²) in [5.41, 5.74) is 0.188. The Kier molecular flexibility index (Phi) is 3.38. The van der Waals surface area contributed by atoms with E-state index in [2.05, 4.69) is 10.6 Å². The zero-order valence-electron chi connectivity index (χ0n) is 11.3. The van der Waals surface area contributed by atoms with Gasteiger partial charge in [0.15, 0.2) is 0 Å². The first-order valence-corrected chi connectivity index (χ1v) is 7.12. The van der Waals surface area contributed by atoms with E-state index in [0.29, 0.717) is 0 Å². The van der Waals surface area contributed by atoms with Crippen molar-refractivity contribution in [3.05, 3.63) is 29.6 Å². The van der Waals surface area contributed by atoms with Crippen LogP contribution in [0, 0.1) is 5.82 Å². The number of phenolic OH excluding ortho intramolecular Hbond substituents is 1. The summed E-state index contributed by atoms with van der Waals surface area (Å²) < 4.78 is 13.7. The van der Waals surface area contributed by atoms with Gasteiger partial charge in [-0.1, -0.05) is 0 Å². The van der Waals surface area contributed by atoms with Crippen LogP contribution in [-0.4, -0.2) is 29.1 Å². The zero-order valence-corrected chi connectivity index (χ0v) is 11.3. The molecule has 0 bridgehead atoms. The van der Waals surface area contributed by atoms with Crippen molar-refractivity contribution in [1.82, 2.24) is 10.6 Å². The molecule has 1 aromatic rings. The van der Waals surface area contributed by atoms with Crippen molar-refractivity contribution in [3.63, 3.8) is 0 Å². The van der Waals surface area contributed by atoms with Crippen molar-refractivity contribution in [2.45, 2.75) is 43.7 Å². The Bertz CT molecular complexity index is 529. The molecule has 4 nitrogen and oxygen atoms in total. The first kappa shape index (κ1) is 13.4. The number of benzene rings is 1. The lowest BCUT2D eigenvalue weighted by atomic mass is 9.70. The molecule has 108 valence electrons. The number of piperidine rings is 1. The topological polar surface area (TPSA) is 61.4 Å². The summed E-state index contributed by atoms with van der Waals surface area (Å²) in [6, 6.07) is 3.70. The Morgan fingerprint density at radius 3 is 2.90 bits per heavy atom. The molecular weight excluding hydrogens is 259 g/mol. The zero-order chi connectivity index (χ0) is 14.2. The molecule has 2 aliphatic rings. The summed E-state index contributed by atoms with van der Waals surface area (Å²) in [5.74, 6) is -1.26. The Balaban J connectivity index is 1.66. The highest BCUT2D eigenvalue weighted by molar-refractivity contribution is 5.94. The fourth-order valence-electron chi connectivity index (χ4n) is 3.22. The molecule has 0 aromatic heterocycles. The highest BCUT2D eigenvalue weighted by atomic mass is 19.1. The number of halogens is 1. The minimum Gasteiger partial charge on any atom is -0.508 e. The number of aromatic hydroxyl groups is 1. The molecule has 1 aliphatic heterocycles. The van der Waals surface area contributed by atoms with Gasteiger partial charge in [0.25, 0.3) is 5.91 Å². The van der Waals surface area contributed by atoms with Crippen LogP contribution >= 0.6 is 0 Å². The van der Waals surface area contributed by atoms with Gasteiger partial charge < -0.3 is 15.7 Å². The minimum absolute atomic E-state index is 0.0102. The lowest BCUT2D eigenvalue weighted by Gasteiger charge is -2.48. The lowest BCUT2D eigenvalue weighted by molar-refractivity contribution is 0.0849. The number of nitrogens with one attached hydrogen (secondary N) is 2. The van der Waals surface area contributed by atoms with E-state index in [1.54, 1.807) is 0 Å². The van der Waals surface area contributed by atoms with Gasteiger partial charge in [0, 0.05) is 17.6 Å². The SMILES string of the molecule is O=C(NC1CCNC2(CCC2)C1)c1ccc(O)cc1F. The van der Waals surface area contributed by atoms with Gasteiger partial charge in [-0.3, -0.25) is 4.79 Å². The molecule has 0 radical (unpaired) electrons. The minimum atomic E-state index is -0.685. The van der Waals surface area contributed by atoms with Crippen LogP contribution in [0.2, 0.25) is 0 Å². The van der Waals surface area contributed by atoms with Crippen molar-refractivity contribution in [2.75, 3.05) is 6.54 Å². The molecule has 5 heteroatoms. The van der Waals surface area contributed by atoms with Gasteiger partial charge in [-0.15, -0.1) is 0 Å². The van der Waals surface area contributed by atoms with Crippen molar-refractivity contribution >= 4 is 5.91 Å². The third-order valence-corrected chi connectivity index (χ3v) is 4.47. The van der Waals surface area contributed by atoms with Gasteiger partial charge in [-0.2, -0.15) is 0 Å². The van der Waals surface area contributed by atoms with E-state index in [9.17, 15) is 9.18 Å². The molecule has 1 unspecified atom stereocenters. The second-order valence-electron chi connectivity index (χ2n) is 5.89. The maximum atomic E-state index is 13.7. The van der Waals surface area contributed by atoms with E-state index in [1.165, 1.54) is 18.6 Å². The van der Waals surface area contributed by atoms with Gasteiger partial charge in [-0.05, 0) is 50.8 Å². The molecule has 3 rings (SSSR count). The molecule has 1 atom stereocenters. The molecule has 1 saturated heterocycles. The maximum absolute atomic E-state index is 13.7. The summed E-state index contributed by atoms with van der Waals surface area (Å²) in [7, 11) is 0. The Morgan fingerprint density at radius 2 is 2.25 bits per heavy atom. The number of hydrogen-bond acceptors (Lipinski definition) is 3. The van der Waals surface area contributed by atoms with E-state index >= 15 is 0 Å². The molecule has 20 heavy (non-hydrogen) atoms. The standard InChI is InChI=1S/C15H19FN2O2/c16-13-8-11(19)2-3-12(13)14(20)18-10-4-7-17-15(9-10)5-1-6-15/h2-3,8,10,17,19H,1,4-7,9H2,(H,18,20). The smallest absolute Gasteiger partial charge is 0.254 e. The van der Waals surface area contributed by atoms with E-state index in [-0.39, 0.29) is 22.9 Å². The van der Waals surface area contributed by atoms with Crippen LogP contribution in [0.15, 0.2) is 18.2 Å². The van der Waals surface area contributed by atoms with Crippen LogP contribution in [-0.2, 0) is 0 Å². The molecule has 1 aromatic carbocycles. The molecule has 1 heterocycles. The number of carbonyl (C=O) groups excluding carboxylic acids is 1. The third kappa shape index (κ3) is 2.50. The van der Waals surface area contributed by atoms with Gasteiger partial charge in [0.2, 0.25) is 0 Å². The molecular formula is C15H19FN2O2. The van der Waals surface area contributed by atoms with Crippen LogP contribution in [0.3, 0.4) is 0 Å². The molecule has 3 N–H and O–H groups in total. The van der Waals surface area contributed by atoms with E-state index < -0.39 is 11.7 Å². The summed E-state index contributed by atoms with van der Waals surface area (Å²) in [6.45, 7) is 0.892. The number of carbonyl (C=O) groups is 1. The molecule has 1 amide bonds. The molecule has 1 spiro atoms. The summed E-state index contributed by atoms with van der Waals surface area (Å²) in [6.07, 6.45) is 5.34. The second kappa shape index (κ2) is 5.05. The van der Waals surface area contributed by atoms with Crippen molar-refractivity contribution < 1.29 is 14.3 Å². The maximum Gasteiger partial charge on any atom is 0.254 e. The van der Waals surface area contributed by atoms with Gasteiger partial charge in [0.05, 0.1) is 5.56 Å². The predicted octanol–water partition coefficient (Wildman–Crippen LogP) is 1.94. The van der Waals surface area contributed by atoms with Gasteiger partial charge in [-0.25, -0.2) is 4.39 Å². The fraction of sp³-hybridized carbons (Fsp3) is 0.533. The Hall–Kier alpha value is -1.62. The summed E-state index contributed by atoms with van der Waals surface area (Å²) >= 11 is 0. The predicted molar refractivity (Wildman–Crippen MR) is 73.1 cm³/mol. The highest BCUT2D eigenvalue weighted by Gasteiger charge is 2.41. The van der Waals surface area contributed by atoms with Crippen LogP contribution in [0.5, 0.6) is 5.75 Å². The van der Waals surface area contributed by atoms with Crippen molar-refractivity contribution in [2.24, 2.45) is 0 Å². The molecule has 1 saturated carbocycles. The fourth-order valence-corrected chi connectivity index (χ4v) is 3.22. The largest absolute Gasteiger partial charge is 0.508 e. The van der Waals surface area contributed by atoms with Crippen molar-refractivity contribution in [1.29, 1.82) is 0 Å². The van der Waals surface area contributed by atoms with E-state index in [4.69, 9.17) is 5.11 Å². The molecule has 2 fully saturated rings. The highest BCUT2D eigenvalue weighted by Crippen LogP contribution is 2.38. The third-order valence-electron chi connectivity index (χ3n) is 4.47. The molecule has 1 aliphatic carbocycles. The van der Waals surface area contributed by atoms with Crippen LogP contribution in [0.25, 0.3) is 0 Å². The first-order chi connectivity index (χ1) is 9.58. The number of hydrogen-bond donors (Lipinski definition) is 3.